The van der Waals surface area contributed by atoms with E-state index < -0.39 is 0 Å². The quantitative estimate of drug-likeness (QED) is 0.794. The topological polar surface area (TPSA) is 76.7 Å². The average molecular weight is 348 g/mol. The maximum atomic E-state index is 12.5. The van der Waals surface area contributed by atoms with Crippen molar-refractivity contribution in [3.05, 3.63) is 18.2 Å². The molecule has 1 aromatic rings. The van der Waals surface area contributed by atoms with Gasteiger partial charge in [0.2, 0.25) is 11.8 Å². The Bertz CT molecular complexity index is 595. The van der Waals surface area contributed by atoms with Gasteiger partial charge in [0.05, 0.1) is 14.2 Å². The van der Waals surface area contributed by atoms with E-state index in [0.717, 1.165) is 38.6 Å². The molecule has 6 nitrogen and oxygen atoms in total. The van der Waals surface area contributed by atoms with Crippen LogP contribution < -0.4 is 20.1 Å². The van der Waals surface area contributed by atoms with Gasteiger partial charge in [-0.15, -0.1) is 0 Å². The van der Waals surface area contributed by atoms with Crippen LogP contribution in [0.3, 0.4) is 0 Å². The zero-order chi connectivity index (χ0) is 18.2. The highest BCUT2D eigenvalue weighted by molar-refractivity contribution is 5.93. The van der Waals surface area contributed by atoms with Crippen molar-refractivity contribution < 1.29 is 19.1 Å². The van der Waals surface area contributed by atoms with Gasteiger partial charge in [0, 0.05) is 30.1 Å². The van der Waals surface area contributed by atoms with E-state index in [0.29, 0.717) is 17.2 Å². The molecule has 0 saturated heterocycles. The molecule has 0 unspecified atom stereocenters. The van der Waals surface area contributed by atoms with Crippen molar-refractivity contribution in [3.63, 3.8) is 0 Å². The molecule has 138 valence electrons. The molecule has 0 atom stereocenters. The highest BCUT2D eigenvalue weighted by atomic mass is 16.5. The maximum absolute atomic E-state index is 12.5. The molecule has 0 aromatic heterocycles. The van der Waals surface area contributed by atoms with Crippen molar-refractivity contribution in [2.24, 2.45) is 11.8 Å². The molecular weight excluding hydrogens is 320 g/mol. The summed E-state index contributed by atoms with van der Waals surface area (Å²) in [7, 11) is 3.14. The Morgan fingerprint density at radius 3 is 2.16 bits per heavy atom. The third kappa shape index (κ3) is 5.11. The van der Waals surface area contributed by atoms with Crippen LogP contribution in [0.5, 0.6) is 11.5 Å². The SMILES string of the molecule is CCCNC(=O)C1CCC(C(=O)Nc2ccc(OC)c(OC)c2)CC1. The zero-order valence-corrected chi connectivity index (χ0v) is 15.3. The molecule has 1 aromatic carbocycles. The molecule has 2 rings (SSSR count). The number of methoxy groups -OCH3 is 2. The highest BCUT2D eigenvalue weighted by Gasteiger charge is 2.29. The number of hydrogen-bond donors (Lipinski definition) is 2. The van der Waals surface area contributed by atoms with Gasteiger partial charge in [0.25, 0.3) is 0 Å². The van der Waals surface area contributed by atoms with Crippen LogP contribution in [-0.2, 0) is 9.59 Å². The van der Waals surface area contributed by atoms with E-state index in [9.17, 15) is 9.59 Å². The van der Waals surface area contributed by atoms with E-state index in [1.54, 1.807) is 32.4 Å². The summed E-state index contributed by atoms with van der Waals surface area (Å²) in [5.74, 6) is 1.32. The second-order valence-electron chi connectivity index (χ2n) is 6.40. The van der Waals surface area contributed by atoms with Gasteiger partial charge in [-0.05, 0) is 44.2 Å². The molecular formula is C19H28N2O4. The molecule has 0 heterocycles. The molecule has 1 aliphatic rings. The standard InChI is InChI=1S/C19H28N2O4/c1-4-11-20-18(22)13-5-7-14(8-6-13)19(23)21-15-9-10-16(24-2)17(12-15)25-3/h9-10,12-14H,4-8,11H2,1-3H3,(H,20,22)(H,21,23). The molecule has 0 radical (unpaired) electrons. The molecule has 2 N–H and O–H groups in total. The van der Waals surface area contributed by atoms with Crippen molar-refractivity contribution in [2.45, 2.75) is 39.0 Å². The Hall–Kier alpha value is -2.24. The van der Waals surface area contributed by atoms with Crippen molar-refractivity contribution in [1.82, 2.24) is 5.32 Å². The molecule has 1 aliphatic carbocycles. The second kappa shape index (κ2) is 9.30. The molecule has 1 fully saturated rings. The first kappa shape index (κ1) is 19.1. The first-order chi connectivity index (χ1) is 12.1. The summed E-state index contributed by atoms with van der Waals surface area (Å²) in [6.45, 7) is 2.76. The Morgan fingerprint density at radius 2 is 1.60 bits per heavy atom. The second-order valence-corrected chi connectivity index (χ2v) is 6.40. The molecule has 0 aliphatic heterocycles. The summed E-state index contributed by atoms with van der Waals surface area (Å²) in [4.78, 5) is 24.5. The van der Waals surface area contributed by atoms with Crippen LogP contribution in [0.2, 0.25) is 0 Å². The number of anilines is 1. The van der Waals surface area contributed by atoms with Crippen LogP contribution in [0.25, 0.3) is 0 Å². The lowest BCUT2D eigenvalue weighted by atomic mass is 9.81. The van der Waals surface area contributed by atoms with Crippen LogP contribution in [0, 0.1) is 11.8 Å². The van der Waals surface area contributed by atoms with Crippen LogP contribution in [0.4, 0.5) is 5.69 Å². The van der Waals surface area contributed by atoms with E-state index >= 15 is 0 Å². The minimum Gasteiger partial charge on any atom is -0.493 e. The molecule has 1 saturated carbocycles. The monoisotopic (exact) mass is 348 g/mol. The van der Waals surface area contributed by atoms with Crippen molar-refractivity contribution >= 4 is 17.5 Å². The first-order valence-electron chi connectivity index (χ1n) is 8.89. The first-order valence-corrected chi connectivity index (χ1v) is 8.89. The highest BCUT2D eigenvalue weighted by Crippen LogP contribution is 2.32. The molecule has 2 amide bonds. The Labute approximate surface area is 149 Å². The van der Waals surface area contributed by atoms with E-state index in [4.69, 9.17) is 9.47 Å². The van der Waals surface area contributed by atoms with Crippen molar-refractivity contribution in [1.29, 1.82) is 0 Å². The fourth-order valence-electron chi connectivity index (χ4n) is 3.17. The fraction of sp³-hybridized carbons (Fsp3) is 0.579. The predicted molar refractivity (Wildman–Crippen MR) is 96.9 cm³/mol. The van der Waals surface area contributed by atoms with Gasteiger partial charge in [-0.3, -0.25) is 9.59 Å². The summed E-state index contributed by atoms with van der Waals surface area (Å²) >= 11 is 0. The lowest BCUT2D eigenvalue weighted by molar-refractivity contribution is -0.128. The van der Waals surface area contributed by atoms with Gasteiger partial charge < -0.3 is 20.1 Å². The third-order valence-electron chi connectivity index (χ3n) is 4.67. The van der Waals surface area contributed by atoms with Gasteiger partial charge in [0.15, 0.2) is 11.5 Å². The lowest BCUT2D eigenvalue weighted by Crippen LogP contribution is -2.35. The average Bonchev–Trinajstić information content (AvgIpc) is 2.66. The van der Waals surface area contributed by atoms with Crippen LogP contribution in [0.15, 0.2) is 18.2 Å². The van der Waals surface area contributed by atoms with E-state index in [1.807, 2.05) is 6.92 Å². The van der Waals surface area contributed by atoms with Gasteiger partial charge in [-0.25, -0.2) is 0 Å². The van der Waals surface area contributed by atoms with Crippen molar-refractivity contribution in [2.75, 3.05) is 26.1 Å². The van der Waals surface area contributed by atoms with E-state index in [1.165, 1.54) is 0 Å². The zero-order valence-electron chi connectivity index (χ0n) is 15.3. The Balaban J connectivity index is 1.87. The maximum Gasteiger partial charge on any atom is 0.227 e. The number of rotatable bonds is 7. The summed E-state index contributed by atoms with van der Waals surface area (Å²) in [5.41, 5.74) is 0.686. The minimum atomic E-state index is -0.0525. The Morgan fingerprint density at radius 1 is 1.00 bits per heavy atom. The summed E-state index contributed by atoms with van der Waals surface area (Å²) in [6.07, 6.45) is 3.95. The van der Waals surface area contributed by atoms with E-state index in [2.05, 4.69) is 10.6 Å². The lowest BCUT2D eigenvalue weighted by Gasteiger charge is -2.27. The number of ether oxygens (including phenoxy) is 2. The van der Waals surface area contributed by atoms with E-state index in [-0.39, 0.29) is 23.7 Å². The normalized spacial score (nSPS) is 19.8. The van der Waals surface area contributed by atoms with Crippen LogP contribution in [-0.4, -0.2) is 32.6 Å². The molecule has 25 heavy (non-hydrogen) atoms. The smallest absolute Gasteiger partial charge is 0.227 e. The third-order valence-corrected chi connectivity index (χ3v) is 4.67. The number of carbonyl (C=O) groups is 2. The van der Waals surface area contributed by atoms with Gasteiger partial charge in [-0.1, -0.05) is 6.92 Å². The largest absolute Gasteiger partial charge is 0.493 e. The number of carbonyl (C=O) groups excluding carboxylic acids is 2. The molecule has 6 heteroatoms. The number of nitrogens with one attached hydrogen (secondary N) is 2. The van der Waals surface area contributed by atoms with Crippen LogP contribution >= 0.6 is 0 Å². The summed E-state index contributed by atoms with van der Waals surface area (Å²) in [6, 6.07) is 5.31. The Kier molecular flexibility index (Phi) is 7.10. The number of amides is 2. The molecule has 0 bridgehead atoms. The van der Waals surface area contributed by atoms with Crippen molar-refractivity contribution in [3.8, 4) is 11.5 Å². The number of benzene rings is 1. The summed E-state index contributed by atoms with van der Waals surface area (Å²) in [5, 5.41) is 5.89. The molecule has 0 spiro atoms. The summed E-state index contributed by atoms with van der Waals surface area (Å²) < 4.78 is 10.5. The van der Waals surface area contributed by atoms with Gasteiger partial charge in [0.1, 0.15) is 0 Å². The van der Waals surface area contributed by atoms with Crippen LogP contribution in [0.1, 0.15) is 39.0 Å². The fourth-order valence-corrected chi connectivity index (χ4v) is 3.17. The minimum absolute atomic E-state index is 0.000337. The van der Waals surface area contributed by atoms with Gasteiger partial charge >= 0.3 is 0 Å². The predicted octanol–water partition coefficient (Wildman–Crippen LogP) is 2.97. The number of hydrogen-bond acceptors (Lipinski definition) is 4. The van der Waals surface area contributed by atoms with Gasteiger partial charge in [-0.2, -0.15) is 0 Å².